The summed E-state index contributed by atoms with van der Waals surface area (Å²) in [5.74, 6) is -1.17. The molecule has 0 radical (unpaired) electrons. The van der Waals surface area contributed by atoms with Crippen LogP contribution in [-0.2, 0) is 27.1 Å². The van der Waals surface area contributed by atoms with Crippen LogP contribution in [0.2, 0.25) is 0 Å². The Hall–Kier alpha value is -5.50. The highest BCUT2D eigenvalue weighted by atomic mass is 16.6. The molecule has 1 aliphatic carbocycles. The molecule has 0 saturated heterocycles. The second-order valence-electron chi connectivity index (χ2n) is 19.7. The fraction of sp³-hybridized carbons (Fsp3) is 0.569. The Balaban J connectivity index is 1.50. The number of nitrogens with zero attached hydrogens (tertiary/aromatic N) is 2. The maximum atomic E-state index is 14.4. The van der Waals surface area contributed by atoms with Crippen LogP contribution in [0.1, 0.15) is 158 Å². The van der Waals surface area contributed by atoms with Crippen LogP contribution in [0.25, 0.3) is 0 Å². The molecule has 14 nitrogen and oxygen atoms in total. The number of aliphatic hydroxyl groups excluding tert-OH is 1. The molecule has 14 heteroatoms. The van der Waals surface area contributed by atoms with Crippen molar-refractivity contribution in [3.63, 3.8) is 0 Å². The molecule has 356 valence electrons. The molecule has 65 heavy (non-hydrogen) atoms. The molecule has 1 aromatic heterocycles. The molecular weight excluding hydrogens is 825 g/mol. The van der Waals surface area contributed by atoms with Gasteiger partial charge in [-0.1, -0.05) is 101 Å². The van der Waals surface area contributed by atoms with E-state index in [1.807, 2.05) is 48.5 Å². The first-order valence-electron chi connectivity index (χ1n) is 23.3. The van der Waals surface area contributed by atoms with E-state index in [1.54, 1.807) is 66.7 Å². The Morgan fingerprint density at radius 3 is 2.14 bits per heavy atom. The average molecular weight is 899 g/mol. The maximum Gasteiger partial charge on any atom is 0.407 e. The van der Waals surface area contributed by atoms with Crippen LogP contribution in [0.5, 0.6) is 0 Å². The molecule has 3 aromatic rings. The van der Waals surface area contributed by atoms with Crippen molar-refractivity contribution in [1.29, 1.82) is 0 Å². The smallest absolute Gasteiger partial charge is 0.407 e. The van der Waals surface area contributed by atoms with Crippen LogP contribution >= 0.6 is 0 Å². The highest BCUT2D eigenvalue weighted by Crippen LogP contribution is 2.31. The van der Waals surface area contributed by atoms with Gasteiger partial charge in [0.1, 0.15) is 11.2 Å². The lowest BCUT2D eigenvalue weighted by atomic mass is 9.80. The normalized spacial score (nSPS) is 15.4. The lowest BCUT2D eigenvalue weighted by Crippen LogP contribution is -2.47. The van der Waals surface area contributed by atoms with Crippen molar-refractivity contribution >= 4 is 29.9 Å². The van der Waals surface area contributed by atoms with Gasteiger partial charge in [-0.25, -0.2) is 23.9 Å². The zero-order valence-corrected chi connectivity index (χ0v) is 40.1. The fourth-order valence-corrected chi connectivity index (χ4v) is 7.97. The number of hydrogen-bond donors (Lipinski definition) is 5. The van der Waals surface area contributed by atoms with Gasteiger partial charge in [-0.05, 0) is 122 Å². The van der Waals surface area contributed by atoms with Crippen molar-refractivity contribution in [2.75, 3.05) is 13.1 Å². The molecule has 1 fully saturated rings. The third-order valence-electron chi connectivity index (χ3n) is 11.5. The van der Waals surface area contributed by atoms with Crippen LogP contribution in [0, 0.1) is 17.8 Å². The summed E-state index contributed by atoms with van der Waals surface area (Å²) in [4.78, 5) is 71.2. The molecule has 4 atom stereocenters. The molecule has 4 amide bonds. The number of ether oxygens (including phenoxy) is 2. The number of benzene rings is 2. The highest BCUT2D eigenvalue weighted by molar-refractivity contribution is 5.96. The number of carbonyl (C=O) groups excluding carboxylic acids is 5. The van der Waals surface area contributed by atoms with E-state index in [2.05, 4.69) is 40.1 Å². The summed E-state index contributed by atoms with van der Waals surface area (Å²) < 4.78 is 12.1. The minimum absolute atomic E-state index is 0.0112. The quantitative estimate of drug-likeness (QED) is 0.0546. The number of carbonyl (C=O) groups is 5. The van der Waals surface area contributed by atoms with Crippen LogP contribution in [-0.4, -0.2) is 81.0 Å². The second kappa shape index (κ2) is 24.7. The van der Waals surface area contributed by atoms with Crippen molar-refractivity contribution in [1.82, 2.24) is 30.8 Å². The molecule has 4 rings (SSSR count). The van der Waals surface area contributed by atoms with Crippen LogP contribution in [0.4, 0.5) is 9.59 Å². The van der Waals surface area contributed by atoms with Gasteiger partial charge in [0.2, 0.25) is 11.7 Å². The third kappa shape index (κ3) is 18.1. The Bertz CT molecular complexity index is 2040. The van der Waals surface area contributed by atoms with E-state index in [9.17, 15) is 29.1 Å². The number of imidazole rings is 1. The summed E-state index contributed by atoms with van der Waals surface area (Å²) in [5, 5.41) is 23.7. The van der Waals surface area contributed by atoms with Gasteiger partial charge in [0.05, 0.1) is 23.9 Å². The van der Waals surface area contributed by atoms with Crippen molar-refractivity contribution in [2.24, 2.45) is 17.8 Å². The molecule has 0 unspecified atom stereocenters. The largest absolute Gasteiger partial charge is 0.454 e. The van der Waals surface area contributed by atoms with E-state index in [4.69, 9.17) is 9.47 Å². The lowest BCUT2D eigenvalue weighted by molar-refractivity contribution is -0.116. The van der Waals surface area contributed by atoms with E-state index in [0.717, 1.165) is 48.7 Å². The van der Waals surface area contributed by atoms with E-state index in [1.165, 1.54) is 6.20 Å². The minimum Gasteiger partial charge on any atom is -0.454 e. The van der Waals surface area contributed by atoms with Crippen LogP contribution < -0.4 is 21.3 Å². The standard InChI is InChI=1S/C51H74N6O8/c1-34(2)39(24-18-26-44(59)52-29-27-36-19-12-10-13-20-36)32-43(58)41(31-37-21-14-11-15-22-37)56-48(62)57-33-42(55-45(57)47(61)64-50(4,5)6)35(3)54-46(60)40-25-17-16-23-38(40)28-30-53-49(63)65-51(7,8)9/h10,12-13,16-20,23,25-26,33-35,37,39,41,43,58H,11,14-15,21-22,24,27-32H2,1-9H3,(H,52,59)(H,53,63)(H,54,60)(H,56,62)/b26-18+/t35-,39-,41-,43-/m0/s1. The summed E-state index contributed by atoms with van der Waals surface area (Å²) in [6, 6.07) is 15.0. The van der Waals surface area contributed by atoms with Crippen molar-refractivity contribution < 1.29 is 38.6 Å². The summed E-state index contributed by atoms with van der Waals surface area (Å²) in [6.45, 7) is 17.1. The second-order valence-corrected chi connectivity index (χ2v) is 19.7. The molecular formula is C51H74N6O8. The minimum atomic E-state index is -0.924. The van der Waals surface area contributed by atoms with Crippen molar-refractivity contribution in [2.45, 2.75) is 156 Å². The van der Waals surface area contributed by atoms with Gasteiger partial charge in [-0.3, -0.25) is 9.59 Å². The number of allylic oxidation sites excluding steroid dienone is 1. The first kappa shape index (κ1) is 52.1. The van der Waals surface area contributed by atoms with Gasteiger partial charge in [0.25, 0.3) is 5.91 Å². The Labute approximate surface area is 386 Å². The molecule has 1 heterocycles. The topological polar surface area (TPSA) is 190 Å². The third-order valence-corrected chi connectivity index (χ3v) is 11.5. The Kier molecular flexibility index (Phi) is 19.8. The van der Waals surface area contributed by atoms with Crippen LogP contribution in [0.3, 0.4) is 0 Å². The zero-order chi connectivity index (χ0) is 47.7. The molecule has 1 aliphatic rings. The number of aliphatic hydroxyl groups is 1. The van der Waals surface area contributed by atoms with Gasteiger partial charge in [0, 0.05) is 24.8 Å². The number of aromatic nitrogens is 2. The van der Waals surface area contributed by atoms with E-state index in [-0.39, 0.29) is 35.8 Å². The SMILES string of the molecule is CC(C)[C@@H](C/C=C/C(=O)NCCc1ccccc1)C[C@H](O)[C@H](CC1CCCCC1)NC(=O)n1cc([C@H](C)NC(=O)c2ccccc2CCNC(=O)OC(C)(C)C)nc1C(=O)OC(C)(C)C. The molecule has 0 aliphatic heterocycles. The first-order valence-corrected chi connectivity index (χ1v) is 23.3. The van der Waals surface area contributed by atoms with Gasteiger partial charge < -0.3 is 35.8 Å². The highest BCUT2D eigenvalue weighted by Gasteiger charge is 2.32. The maximum absolute atomic E-state index is 14.4. The molecule has 0 spiro atoms. The lowest BCUT2D eigenvalue weighted by Gasteiger charge is -2.32. The van der Waals surface area contributed by atoms with Crippen molar-refractivity contribution in [3.05, 3.63) is 101 Å². The number of alkyl carbamates (subject to hydrolysis) is 1. The number of nitrogens with one attached hydrogen (secondary N) is 4. The Morgan fingerprint density at radius 1 is 0.831 bits per heavy atom. The summed E-state index contributed by atoms with van der Waals surface area (Å²) in [7, 11) is 0. The van der Waals surface area contributed by atoms with E-state index in [0.29, 0.717) is 49.3 Å². The number of amides is 4. The van der Waals surface area contributed by atoms with Gasteiger partial charge in [-0.15, -0.1) is 0 Å². The molecule has 1 saturated carbocycles. The molecule has 5 N–H and O–H groups in total. The fourth-order valence-electron chi connectivity index (χ4n) is 7.97. The predicted octanol–water partition coefficient (Wildman–Crippen LogP) is 8.62. The van der Waals surface area contributed by atoms with Crippen LogP contribution in [0.15, 0.2) is 72.9 Å². The average Bonchev–Trinajstić information content (AvgIpc) is 3.69. The van der Waals surface area contributed by atoms with Gasteiger partial charge in [-0.2, -0.15) is 0 Å². The van der Waals surface area contributed by atoms with Gasteiger partial charge >= 0.3 is 18.1 Å². The summed E-state index contributed by atoms with van der Waals surface area (Å²) in [6.07, 6.45) is 11.3. The van der Waals surface area contributed by atoms with Crippen molar-refractivity contribution in [3.8, 4) is 0 Å². The monoisotopic (exact) mass is 899 g/mol. The number of rotatable bonds is 20. The predicted molar refractivity (Wildman–Crippen MR) is 252 cm³/mol. The zero-order valence-electron chi connectivity index (χ0n) is 40.1. The molecule has 0 bridgehead atoms. The molecule has 2 aromatic carbocycles. The first-order chi connectivity index (χ1) is 30.7. The van der Waals surface area contributed by atoms with E-state index < -0.39 is 53.4 Å². The summed E-state index contributed by atoms with van der Waals surface area (Å²) >= 11 is 0. The Morgan fingerprint density at radius 2 is 1.48 bits per heavy atom. The number of esters is 1. The number of hydrogen-bond acceptors (Lipinski definition) is 9. The van der Waals surface area contributed by atoms with Gasteiger partial charge in [0.15, 0.2) is 0 Å². The van der Waals surface area contributed by atoms with E-state index >= 15 is 0 Å². The summed E-state index contributed by atoms with van der Waals surface area (Å²) in [5.41, 5.74) is 0.954.